The Morgan fingerprint density at radius 3 is 2.86 bits per heavy atom. The standard InChI is InChI=1S/C17H14N2O2S/c1-11-17(15-3-2-8-22-15)18-16-7-4-12(9-19(11)16)14-6-5-13(10-20)21-14/h2-9,20H,10H2,1H3. The summed E-state index contributed by atoms with van der Waals surface area (Å²) in [6, 6.07) is 11.8. The summed E-state index contributed by atoms with van der Waals surface area (Å²) in [5.41, 5.74) is 4.00. The van der Waals surface area contributed by atoms with Crippen LogP contribution in [0.25, 0.3) is 27.5 Å². The first-order chi connectivity index (χ1) is 10.8. The molecule has 0 unspecified atom stereocenters. The van der Waals surface area contributed by atoms with E-state index < -0.39 is 0 Å². The Bertz CT molecular complexity index is 935. The minimum absolute atomic E-state index is 0.0884. The van der Waals surface area contributed by atoms with Crippen molar-refractivity contribution in [3.8, 4) is 21.9 Å². The fourth-order valence-electron chi connectivity index (χ4n) is 2.57. The Balaban J connectivity index is 1.85. The van der Waals surface area contributed by atoms with E-state index in [2.05, 4.69) is 22.8 Å². The molecule has 4 aromatic rings. The number of pyridine rings is 1. The molecule has 110 valence electrons. The summed E-state index contributed by atoms with van der Waals surface area (Å²) in [6.45, 7) is 1.98. The monoisotopic (exact) mass is 310 g/mol. The van der Waals surface area contributed by atoms with Crippen LogP contribution in [0, 0.1) is 6.92 Å². The number of fused-ring (bicyclic) bond motifs is 1. The number of rotatable bonds is 3. The Kier molecular flexibility index (Phi) is 3.10. The highest BCUT2D eigenvalue weighted by molar-refractivity contribution is 7.13. The van der Waals surface area contributed by atoms with Gasteiger partial charge in [-0.3, -0.25) is 0 Å². The second kappa shape index (κ2) is 5.12. The maximum absolute atomic E-state index is 9.11. The molecule has 4 aromatic heterocycles. The SMILES string of the molecule is Cc1c(-c2cccs2)nc2ccc(-c3ccc(CO)o3)cn12. The van der Waals surface area contributed by atoms with Gasteiger partial charge in [0.25, 0.3) is 0 Å². The van der Waals surface area contributed by atoms with Gasteiger partial charge in [-0.25, -0.2) is 4.98 Å². The zero-order chi connectivity index (χ0) is 15.1. The van der Waals surface area contributed by atoms with E-state index >= 15 is 0 Å². The molecule has 0 saturated carbocycles. The van der Waals surface area contributed by atoms with Crippen LogP contribution in [0.3, 0.4) is 0 Å². The predicted molar refractivity (Wildman–Crippen MR) is 86.9 cm³/mol. The van der Waals surface area contributed by atoms with E-state index in [0.29, 0.717) is 5.76 Å². The Labute approximate surface area is 131 Å². The van der Waals surface area contributed by atoms with Crippen molar-refractivity contribution in [1.29, 1.82) is 0 Å². The van der Waals surface area contributed by atoms with E-state index in [0.717, 1.165) is 28.4 Å². The molecule has 0 fully saturated rings. The predicted octanol–water partition coefficient (Wildman–Crippen LogP) is 4.12. The summed E-state index contributed by atoms with van der Waals surface area (Å²) in [5.74, 6) is 1.31. The maximum Gasteiger partial charge on any atom is 0.137 e. The van der Waals surface area contributed by atoms with Gasteiger partial charge in [-0.1, -0.05) is 6.07 Å². The Hall–Kier alpha value is -2.37. The minimum Gasteiger partial charge on any atom is -0.459 e. The first-order valence-corrected chi connectivity index (χ1v) is 7.87. The van der Waals surface area contributed by atoms with Gasteiger partial charge in [0, 0.05) is 17.5 Å². The molecular formula is C17H14N2O2S. The molecule has 1 N–H and O–H groups in total. The third kappa shape index (κ3) is 2.06. The molecular weight excluding hydrogens is 296 g/mol. The number of thiophene rings is 1. The van der Waals surface area contributed by atoms with E-state index in [1.807, 2.05) is 30.5 Å². The second-order valence-corrected chi connectivity index (χ2v) is 6.04. The van der Waals surface area contributed by atoms with Crippen LogP contribution < -0.4 is 0 Å². The smallest absolute Gasteiger partial charge is 0.137 e. The molecule has 0 aliphatic rings. The number of aliphatic hydroxyl groups excluding tert-OH is 1. The third-order valence-electron chi connectivity index (χ3n) is 3.71. The number of nitrogens with zero attached hydrogens (tertiary/aromatic N) is 2. The van der Waals surface area contributed by atoms with Gasteiger partial charge in [0.1, 0.15) is 29.5 Å². The molecule has 0 bridgehead atoms. The molecule has 0 atom stereocenters. The molecule has 0 amide bonds. The Morgan fingerprint density at radius 1 is 1.23 bits per heavy atom. The minimum atomic E-state index is -0.0884. The molecule has 0 aliphatic heterocycles. The van der Waals surface area contributed by atoms with E-state index in [9.17, 15) is 0 Å². The second-order valence-electron chi connectivity index (χ2n) is 5.09. The first kappa shape index (κ1) is 13.3. The average Bonchev–Trinajstić information content (AvgIpc) is 3.27. The van der Waals surface area contributed by atoms with Crippen molar-refractivity contribution in [2.45, 2.75) is 13.5 Å². The van der Waals surface area contributed by atoms with E-state index in [1.165, 1.54) is 4.88 Å². The number of aryl methyl sites for hydroxylation is 1. The Morgan fingerprint density at radius 2 is 2.14 bits per heavy atom. The highest BCUT2D eigenvalue weighted by atomic mass is 32.1. The quantitative estimate of drug-likeness (QED) is 0.619. The van der Waals surface area contributed by atoms with Crippen molar-refractivity contribution in [2.75, 3.05) is 0 Å². The normalized spacial score (nSPS) is 11.4. The number of aromatic nitrogens is 2. The van der Waals surface area contributed by atoms with Gasteiger partial charge in [0.15, 0.2) is 0 Å². The average molecular weight is 310 g/mol. The topological polar surface area (TPSA) is 50.7 Å². The van der Waals surface area contributed by atoms with Crippen LogP contribution >= 0.6 is 11.3 Å². The van der Waals surface area contributed by atoms with Crippen LogP contribution in [0.1, 0.15) is 11.5 Å². The molecule has 5 heteroatoms. The number of imidazole rings is 1. The van der Waals surface area contributed by atoms with Crippen molar-refractivity contribution in [3.05, 3.63) is 59.4 Å². The molecule has 4 nitrogen and oxygen atoms in total. The summed E-state index contributed by atoms with van der Waals surface area (Å²) < 4.78 is 7.68. The summed E-state index contributed by atoms with van der Waals surface area (Å²) in [6.07, 6.45) is 2.02. The van der Waals surface area contributed by atoms with Gasteiger partial charge in [-0.15, -0.1) is 11.3 Å². The van der Waals surface area contributed by atoms with Crippen molar-refractivity contribution in [1.82, 2.24) is 9.38 Å². The van der Waals surface area contributed by atoms with Crippen molar-refractivity contribution in [2.24, 2.45) is 0 Å². The van der Waals surface area contributed by atoms with E-state index in [1.54, 1.807) is 17.4 Å². The van der Waals surface area contributed by atoms with Gasteiger partial charge < -0.3 is 13.9 Å². The van der Waals surface area contributed by atoms with Gasteiger partial charge in [0.2, 0.25) is 0 Å². The highest BCUT2D eigenvalue weighted by Gasteiger charge is 2.13. The lowest BCUT2D eigenvalue weighted by atomic mass is 10.2. The molecule has 0 saturated heterocycles. The molecule has 0 aliphatic carbocycles. The maximum atomic E-state index is 9.11. The zero-order valence-corrected chi connectivity index (χ0v) is 12.8. The largest absolute Gasteiger partial charge is 0.459 e. The summed E-state index contributed by atoms with van der Waals surface area (Å²) in [5, 5.41) is 11.2. The van der Waals surface area contributed by atoms with Crippen molar-refractivity contribution in [3.63, 3.8) is 0 Å². The lowest BCUT2D eigenvalue weighted by Crippen LogP contribution is -1.88. The fourth-order valence-corrected chi connectivity index (χ4v) is 3.34. The highest BCUT2D eigenvalue weighted by Crippen LogP contribution is 2.29. The van der Waals surface area contributed by atoms with Gasteiger partial charge in [0.05, 0.1) is 4.88 Å². The van der Waals surface area contributed by atoms with Gasteiger partial charge >= 0.3 is 0 Å². The molecule has 0 spiro atoms. The van der Waals surface area contributed by atoms with Crippen LogP contribution in [0.4, 0.5) is 0 Å². The molecule has 22 heavy (non-hydrogen) atoms. The molecule has 4 rings (SSSR count). The molecule has 0 radical (unpaired) electrons. The lowest BCUT2D eigenvalue weighted by molar-refractivity contribution is 0.248. The van der Waals surface area contributed by atoms with Crippen LogP contribution in [-0.4, -0.2) is 14.5 Å². The van der Waals surface area contributed by atoms with Gasteiger partial charge in [-0.05, 0) is 42.6 Å². The van der Waals surface area contributed by atoms with Gasteiger partial charge in [-0.2, -0.15) is 0 Å². The summed E-state index contributed by atoms with van der Waals surface area (Å²) in [4.78, 5) is 5.88. The lowest BCUT2D eigenvalue weighted by Gasteiger charge is -2.01. The van der Waals surface area contributed by atoms with Crippen LogP contribution in [0.2, 0.25) is 0 Å². The van der Waals surface area contributed by atoms with E-state index in [4.69, 9.17) is 14.5 Å². The first-order valence-electron chi connectivity index (χ1n) is 6.99. The summed E-state index contributed by atoms with van der Waals surface area (Å²) >= 11 is 1.69. The number of hydrogen-bond acceptors (Lipinski definition) is 4. The number of aliphatic hydroxyl groups is 1. The molecule has 0 aromatic carbocycles. The number of hydrogen-bond donors (Lipinski definition) is 1. The van der Waals surface area contributed by atoms with E-state index in [-0.39, 0.29) is 6.61 Å². The van der Waals surface area contributed by atoms with Crippen LogP contribution in [0.5, 0.6) is 0 Å². The van der Waals surface area contributed by atoms with Crippen molar-refractivity contribution < 1.29 is 9.52 Å². The zero-order valence-electron chi connectivity index (χ0n) is 12.0. The van der Waals surface area contributed by atoms with Crippen LogP contribution in [-0.2, 0) is 6.61 Å². The van der Waals surface area contributed by atoms with Crippen LogP contribution in [0.15, 0.2) is 52.4 Å². The molecule has 4 heterocycles. The third-order valence-corrected chi connectivity index (χ3v) is 4.59. The fraction of sp³-hybridized carbons (Fsp3) is 0.118. The summed E-state index contributed by atoms with van der Waals surface area (Å²) in [7, 11) is 0. The number of furan rings is 1. The van der Waals surface area contributed by atoms with Crippen molar-refractivity contribution >= 4 is 17.0 Å².